The van der Waals surface area contributed by atoms with Crippen LogP contribution in [0.2, 0.25) is 0 Å². The highest BCUT2D eigenvalue weighted by Crippen LogP contribution is 2.27. The Kier molecular flexibility index (Phi) is 1.96. The molecule has 0 aliphatic heterocycles. The zero-order valence-electron chi connectivity index (χ0n) is 7.10. The lowest BCUT2D eigenvalue weighted by Gasteiger charge is -1.91. The summed E-state index contributed by atoms with van der Waals surface area (Å²) in [5.74, 6) is 0. The number of halogens is 1. The van der Waals surface area contributed by atoms with E-state index in [1.54, 1.807) is 0 Å². The van der Waals surface area contributed by atoms with Crippen LogP contribution in [0.3, 0.4) is 0 Å². The Hall–Kier alpha value is -1.09. The fourth-order valence-electron chi connectivity index (χ4n) is 1.38. The summed E-state index contributed by atoms with van der Waals surface area (Å²) >= 11 is 3.37. The van der Waals surface area contributed by atoms with E-state index in [1.165, 1.54) is 5.56 Å². The Bertz CT molecular complexity index is 473. The van der Waals surface area contributed by atoms with Crippen molar-refractivity contribution < 1.29 is 4.79 Å². The van der Waals surface area contributed by atoms with Crippen molar-refractivity contribution >= 4 is 33.1 Å². The largest absolute Gasteiger partial charge is 0.351 e. The highest BCUT2D eigenvalue weighted by atomic mass is 79.9. The minimum Gasteiger partial charge on any atom is -0.351 e. The Morgan fingerprint density at radius 1 is 1.46 bits per heavy atom. The molecule has 2 aromatic rings. The van der Waals surface area contributed by atoms with Crippen molar-refractivity contribution in [3.8, 4) is 0 Å². The van der Waals surface area contributed by atoms with E-state index in [4.69, 9.17) is 0 Å². The molecule has 0 spiro atoms. The summed E-state index contributed by atoms with van der Waals surface area (Å²) in [6.45, 7) is 2.02. The average molecular weight is 238 g/mol. The van der Waals surface area contributed by atoms with Gasteiger partial charge in [-0.25, -0.2) is 0 Å². The first-order valence-corrected chi connectivity index (χ1v) is 4.74. The third kappa shape index (κ3) is 1.29. The summed E-state index contributed by atoms with van der Waals surface area (Å²) < 4.78 is 0.845. The summed E-state index contributed by atoms with van der Waals surface area (Å²) in [6, 6.07) is 6.04. The van der Waals surface area contributed by atoms with E-state index in [2.05, 4.69) is 20.9 Å². The van der Waals surface area contributed by atoms with Crippen molar-refractivity contribution in [1.82, 2.24) is 4.98 Å². The van der Waals surface area contributed by atoms with E-state index in [9.17, 15) is 4.79 Å². The predicted molar refractivity (Wildman–Crippen MR) is 56.1 cm³/mol. The maximum atomic E-state index is 10.6. The topological polar surface area (TPSA) is 32.9 Å². The van der Waals surface area contributed by atoms with Crippen LogP contribution in [0.25, 0.3) is 10.9 Å². The molecule has 0 bridgehead atoms. The highest BCUT2D eigenvalue weighted by molar-refractivity contribution is 9.10. The van der Waals surface area contributed by atoms with Crippen LogP contribution in [-0.2, 0) is 0 Å². The number of benzene rings is 1. The molecule has 13 heavy (non-hydrogen) atoms. The molecule has 1 aromatic heterocycles. The number of aromatic nitrogens is 1. The Morgan fingerprint density at radius 3 is 2.92 bits per heavy atom. The molecule has 0 aliphatic rings. The molecule has 0 aliphatic carbocycles. The number of hydrogen-bond donors (Lipinski definition) is 1. The van der Waals surface area contributed by atoms with E-state index in [-0.39, 0.29) is 0 Å². The van der Waals surface area contributed by atoms with Crippen LogP contribution in [0, 0.1) is 6.92 Å². The molecular formula is C10H8BrNO. The molecule has 0 saturated carbocycles. The maximum Gasteiger partial charge on any atom is 0.167 e. The smallest absolute Gasteiger partial charge is 0.167 e. The zero-order chi connectivity index (χ0) is 9.42. The Morgan fingerprint density at radius 2 is 2.23 bits per heavy atom. The number of carbonyl (C=O) groups is 1. The number of fused-ring (bicyclic) bond motifs is 1. The second-order valence-electron chi connectivity index (χ2n) is 3.02. The quantitative estimate of drug-likeness (QED) is 0.761. The van der Waals surface area contributed by atoms with E-state index < -0.39 is 0 Å². The van der Waals surface area contributed by atoms with Crippen molar-refractivity contribution in [2.24, 2.45) is 0 Å². The molecule has 0 fully saturated rings. The van der Waals surface area contributed by atoms with Crippen LogP contribution in [-0.4, -0.2) is 11.3 Å². The van der Waals surface area contributed by atoms with Gasteiger partial charge in [0, 0.05) is 10.9 Å². The molecule has 0 saturated heterocycles. The van der Waals surface area contributed by atoms with Crippen LogP contribution in [0.1, 0.15) is 16.1 Å². The van der Waals surface area contributed by atoms with Crippen LogP contribution in [0.15, 0.2) is 22.7 Å². The fraction of sp³-hybridized carbons (Fsp3) is 0.100. The molecule has 0 amide bonds. The van der Waals surface area contributed by atoms with Crippen LogP contribution >= 0.6 is 15.9 Å². The van der Waals surface area contributed by atoms with Gasteiger partial charge in [0.05, 0.1) is 10.2 Å². The van der Waals surface area contributed by atoms with Crippen LogP contribution in [0.5, 0.6) is 0 Å². The minimum atomic E-state index is 0.598. The van der Waals surface area contributed by atoms with Gasteiger partial charge in [0.25, 0.3) is 0 Å². The number of nitrogens with one attached hydrogen (secondary N) is 1. The third-order valence-electron chi connectivity index (χ3n) is 2.04. The van der Waals surface area contributed by atoms with E-state index in [0.29, 0.717) is 5.69 Å². The second kappa shape index (κ2) is 3.00. The summed E-state index contributed by atoms with van der Waals surface area (Å²) in [6.07, 6.45) is 0.819. The molecular weight excluding hydrogens is 230 g/mol. The molecule has 2 nitrogen and oxygen atoms in total. The van der Waals surface area contributed by atoms with Gasteiger partial charge in [-0.15, -0.1) is 0 Å². The molecule has 1 heterocycles. The molecule has 0 unspecified atom stereocenters. The van der Waals surface area contributed by atoms with E-state index in [0.717, 1.165) is 21.7 Å². The molecule has 66 valence electrons. The monoisotopic (exact) mass is 237 g/mol. The molecule has 0 atom stereocenters. The Labute approximate surface area is 84.1 Å². The van der Waals surface area contributed by atoms with E-state index >= 15 is 0 Å². The number of H-pyrrole nitrogens is 1. The molecule has 0 radical (unpaired) electrons. The van der Waals surface area contributed by atoms with Gasteiger partial charge in [0.15, 0.2) is 6.29 Å². The average Bonchev–Trinajstić information content (AvgIpc) is 2.42. The van der Waals surface area contributed by atoms with Gasteiger partial charge in [-0.05, 0) is 34.5 Å². The summed E-state index contributed by atoms with van der Waals surface area (Å²) in [5, 5.41) is 1.05. The molecule has 2 rings (SSSR count). The lowest BCUT2D eigenvalue weighted by atomic mass is 10.2. The normalized spacial score (nSPS) is 10.6. The van der Waals surface area contributed by atoms with Gasteiger partial charge in [-0.3, -0.25) is 4.79 Å². The van der Waals surface area contributed by atoms with Gasteiger partial charge in [-0.2, -0.15) is 0 Å². The first-order chi connectivity index (χ1) is 6.22. The number of aldehydes is 1. The lowest BCUT2D eigenvalue weighted by molar-refractivity contribution is 0.111. The number of aromatic amines is 1. The van der Waals surface area contributed by atoms with Gasteiger partial charge >= 0.3 is 0 Å². The van der Waals surface area contributed by atoms with Crippen molar-refractivity contribution in [3.05, 3.63) is 33.9 Å². The minimum absolute atomic E-state index is 0.598. The summed E-state index contributed by atoms with van der Waals surface area (Å²) in [7, 11) is 0. The highest BCUT2D eigenvalue weighted by Gasteiger charge is 2.07. The number of hydrogen-bond acceptors (Lipinski definition) is 1. The predicted octanol–water partition coefficient (Wildman–Crippen LogP) is 3.05. The van der Waals surface area contributed by atoms with Crippen molar-refractivity contribution in [2.75, 3.05) is 0 Å². The zero-order valence-corrected chi connectivity index (χ0v) is 8.68. The summed E-state index contributed by atoms with van der Waals surface area (Å²) in [4.78, 5) is 13.7. The maximum absolute atomic E-state index is 10.6. The number of rotatable bonds is 1. The molecule has 1 N–H and O–H groups in total. The summed E-state index contributed by atoms with van der Waals surface area (Å²) in [5.41, 5.74) is 2.77. The number of aryl methyl sites for hydroxylation is 1. The first kappa shape index (κ1) is 8.51. The third-order valence-corrected chi connectivity index (χ3v) is 2.89. The van der Waals surface area contributed by atoms with Gasteiger partial charge in [0.1, 0.15) is 0 Å². The lowest BCUT2D eigenvalue weighted by Crippen LogP contribution is -1.77. The van der Waals surface area contributed by atoms with Crippen molar-refractivity contribution in [3.63, 3.8) is 0 Å². The first-order valence-electron chi connectivity index (χ1n) is 3.95. The van der Waals surface area contributed by atoms with Gasteiger partial charge in [0.2, 0.25) is 0 Å². The van der Waals surface area contributed by atoms with Crippen LogP contribution < -0.4 is 0 Å². The van der Waals surface area contributed by atoms with Gasteiger partial charge in [-0.1, -0.05) is 12.1 Å². The number of carbonyl (C=O) groups excluding carboxylic acids is 1. The second-order valence-corrected chi connectivity index (χ2v) is 3.81. The van der Waals surface area contributed by atoms with E-state index in [1.807, 2.05) is 25.1 Å². The molecule has 3 heteroatoms. The standard InChI is InChI=1S/C10H8BrNO/c1-6-2-3-7-8(4-6)12-9(5-13)10(7)11/h2-5,12H,1H3. The van der Waals surface area contributed by atoms with Crippen LogP contribution in [0.4, 0.5) is 0 Å². The molecule has 1 aromatic carbocycles. The Balaban J connectivity index is 2.83. The van der Waals surface area contributed by atoms with Crippen molar-refractivity contribution in [2.45, 2.75) is 6.92 Å². The van der Waals surface area contributed by atoms with Crippen molar-refractivity contribution in [1.29, 1.82) is 0 Å². The van der Waals surface area contributed by atoms with Gasteiger partial charge < -0.3 is 4.98 Å². The fourth-order valence-corrected chi connectivity index (χ4v) is 1.92. The SMILES string of the molecule is Cc1ccc2c(Br)c(C=O)[nH]c2c1.